The number of carbonyl (C=O) groups excluding carboxylic acids is 1. The Morgan fingerprint density at radius 3 is 3.00 bits per heavy atom. The Morgan fingerprint density at radius 1 is 1.53 bits per heavy atom. The second-order valence-electron chi connectivity index (χ2n) is 4.17. The summed E-state index contributed by atoms with van der Waals surface area (Å²) in [4.78, 5) is 11.0. The van der Waals surface area contributed by atoms with Crippen molar-refractivity contribution in [2.24, 2.45) is 0 Å². The number of halogens is 2. The summed E-state index contributed by atoms with van der Waals surface area (Å²) in [6.07, 6.45) is 1.43. The van der Waals surface area contributed by atoms with Crippen LogP contribution in [0.1, 0.15) is 18.4 Å². The summed E-state index contributed by atoms with van der Waals surface area (Å²) in [6.45, 7) is 1.10. The van der Waals surface area contributed by atoms with Crippen molar-refractivity contribution in [3.8, 4) is 0 Å². The molecule has 3 nitrogen and oxygen atoms in total. The Labute approximate surface area is 104 Å². The topological polar surface area (TPSA) is 41.1 Å². The number of hydrogen-bond acceptors (Lipinski definition) is 2. The van der Waals surface area contributed by atoms with Crippen molar-refractivity contribution in [2.75, 3.05) is 6.54 Å². The van der Waals surface area contributed by atoms with E-state index < -0.39 is 0 Å². The van der Waals surface area contributed by atoms with Crippen molar-refractivity contribution in [3.05, 3.63) is 34.6 Å². The molecule has 1 aromatic rings. The number of amides is 1. The predicted octanol–water partition coefficient (Wildman–Crippen LogP) is 1.85. The van der Waals surface area contributed by atoms with Gasteiger partial charge < -0.3 is 10.6 Å². The smallest absolute Gasteiger partial charge is 0.220 e. The van der Waals surface area contributed by atoms with Gasteiger partial charge in [-0.15, -0.1) is 0 Å². The van der Waals surface area contributed by atoms with Gasteiger partial charge in [0.25, 0.3) is 0 Å². The summed E-state index contributed by atoms with van der Waals surface area (Å²) in [7, 11) is 0. The van der Waals surface area contributed by atoms with Gasteiger partial charge in [0, 0.05) is 36.1 Å². The van der Waals surface area contributed by atoms with Crippen LogP contribution in [0.4, 0.5) is 4.39 Å². The Morgan fingerprint density at radius 2 is 2.35 bits per heavy atom. The molecular weight excluding hydrogens is 243 g/mol. The molecule has 1 aliphatic rings. The van der Waals surface area contributed by atoms with E-state index in [1.54, 1.807) is 12.1 Å². The van der Waals surface area contributed by atoms with E-state index in [0.29, 0.717) is 30.1 Å². The predicted molar refractivity (Wildman–Crippen MR) is 64.3 cm³/mol. The standard InChI is InChI=1S/C12H14ClFN2O/c13-9-2-1-8(11(14)5-9)6-15-7-10-3-4-12(17)16-10/h1-2,5,10,15H,3-4,6-7H2,(H,16,17). The molecule has 2 rings (SSSR count). The number of hydrogen-bond donors (Lipinski definition) is 2. The fourth-order valence-corrected chi connectivity index (χ4v) is 2.04. The van der Waals surface area contributed by atoms with Crippen LogP contribution in [-0.4, -0.2) is 18.5 Å². The van der Waals surface area contributed by atoms with Gasteiger partial charge in [0.05, 0.1) is 0 Å². The van der Waals surface area contributed by atoms with Crippen LogP contribution in [0.25, 0.3) is 0 Å². The average molecular weight is 257 g/mol. The Bertz CT molecular complexity index is 425. The second kappa shape index (κ2) is 5.47. The zero-order valence-corrected chi connectivity index (χ0v) is 10.1. The molecule has 0 radical (unpaired) electrons. The van der Waals surface area contributed by atoms with Gasteiger partial charge in [0.2, 0.25) is 5.91 Å². The molecule has 1 fully saturated rings. The molecule has 1 atom stereocenters. The van der Waals surface area contributed by atoms with Gasteiger partial charge >= 0.3 is 0 Å². The zero-order valence-electron chi connectivity index (χ0n) is 9.30. The van der Waals surface area contributed by atoms with E-state index in [4.69, 9.17) is 11.6 Å². The third kappa shape index (κ3) is 3.41. The summed E-state index contributed by atoms with van der Waals surface area (Å²) < 4.78 is 13.4. The molecule has 1 unspecified atom stereocenters. The highest BCUT2D eigenvalue weighted by Gasteiger charge is 2.19. The Hall–Kier alpha value is -1.13. The quantitative estimate of drug-likeness (QED) is 0.863. The van der Waals surface area contributed by atoms with Crippen LogP contribution >= 0.6 is 11.6 Å². The van der Waals surface area contributed by atoms with E-state index in [1.165, 1.54) is 6.07 Å². The summed E-state index contributed by atoms with van der Waals surface area (Å²) >= 11 is 5.66. The van der Waals surface area contributed by atoms with Crippen LogP contribution in [0.5, 0.6) is 0 Å². The Balaban J connectivity index is 1.80. The number of rotatable bonds is 4. The molecule has 5 heteroatoms. The molecule has 2 N–H and O–H groups in total. The first-order valence-corrected chi connectivity index (χ1v) is 5.97. The van der Waals surface area contributed by atoms with Crippen LogP contribution in [0, 0.1) is 5.82 Å². The van der Waals surface area contributed by atoms with Crippen LogP contribution in [0.2, 0.25) is 5.02 Å². The third-order valence-corrected chi connectivity index (χ3v) is 3.04. The van der Waals surface area contributed by atoms with E-state index in [-0.39, 0.29) is 17.8 Å². The highest BCUT2D eigenvalue weighted by Crippen LogP contribution is 2.14. The monoisotopic (exact) mass is 256 g/mol. The molecule has 1 aliphatic heterocycles. The molecule has 0 saturated carbocycles. The van der Waals surface area contributed by atoms with E-state index in [9.17, 15) is 9.18 Å². The first-order valence-electron chi connectivity index (χ1n) is 5.59. The first-order chi connectivity index (χ1) is 8.15. The summed E-state index contributed by atoms with van der Waals surface area (Å²) in [5.41, 5.74) is 0.582. The summed E-state index contributed by atoms with van der Waals surface area (Å²) in [5, 5.41) is 6.37. The maximum absolute atomic E-state index is 13.4. The van der Waals surface area contributed by atoms with Gasteiger partial charge in [-0.2, -0.15) is 0 Å². The summed E-state index contributed by atoms with van der Waals surface area (Å²) in [6, 6.07) is 4.80. The molecule has 0 spiro atoms. The lowest BCUT2D eigenvalue weighted by molar-refractivity contribution is -0.119. The van der Waals surface area contributed by atoms with Crippen molar-refractivity contribution in [1.82, 2.24) is 10.6 Å². The molecule has 1 heterocycles. The SMILES string of the molecule is O=C1CCC(CNCc2ccc(Cl)cc2F)N1. The van der Waals surface area contributed by atoms with E-state index in [0.717, 1.165) is 6.42 Å². The van der Waals surface area contributed by atoms with Crippen molar-refractivity contribution in [3.63, 3.8) is 0 Å². The fraction of sp³-hybridized carbons (Fsp3) is 0.417. The van der Waals surface area contributed by atoms with Gasteiger partial charge in [0.1, 0.15) is 5.82 Å². The molecule has 92 valence electrons. The van der Waals surface area contributed by atoms with Gasteiger partial charge in [0.15, 0.2) is 0 Å². The minimum Gasteiger partial charge on any atom is -0.352 e. The van der Waals surface area contributed by atoms with Crippen molar-refractivity contribution in [2.45, 2.75) is 25.4 Å². The highest BCUT2D eigenvalue weighted by molar-refractivity contribution is 6.30. The third-order valence-electron chi connectivity index (χ3n) is 2.81. The molecule has 17 heavy (non-hydrogen) atoms. The molecule has 1 aromatic carbocycles. The zero-order chi connectivity index (χ0) is 12.3. The molecular formula is C12H14ClFN2O. The van der Waals surface area contributed by atoms with Crippen LogP contribution in [-0.2, 0) is 11.3 Å². The number of nitrogens with one attached hydrogen (secondary N) is 2. The lowest BCUT2D eigenvalue weighted by Gasteiger charge is -2.11. The maximum atomic E-state index is 13.4. The van der Waals surface area contributed by atoms with Gasteiger partial charge in [-0.05, 0) is 18.6 Å². The summed E-state index contributed by atoms with van der Waals surface area (Å²) in [5.74, 6) is -0.213. The van der Waals surface area contributed by atoms with Crippen LogP contribution < -0.4 is 10.6 Å². The lowest BCUT2D eigenvalue weighted by atomic mass is 10.2. The number of carbonyl (C=O) groups is 1. The van der Waals surface area contributed by atoms with Gasteiger partial charge in [-0.25, -0.2) is 4.39 Å². The maximum Gasteiger partial charge on any atom is 0.220 e. The largest absolute Gasteiger partial charge is 0.352 e. The fourth-order valence-electron chi connectivity index (χ4n) is 1.88. The van der Waals surface area contributed by atoms with Gasteiger partial charge in [-0.3, -0.25) is 4.79 Å². The van der Waals surface area contributed by atoms with E-state index >= 15 is 0 Å². The second-order valence-corrected chi connectivity index (χ2v) is 4.61. The van der Waals surface area contributed by atoms with Crippen molar-refractivity contribution in [1.29, 1.82) is 0 Å². The van der Waals surface area contributed by atoms with Crippen LogP contribution in [0.15, 0.2) is 18.2 Å². The van der Waals surface area contributed by atoms with Crippen LogP contribution in [0.3, 0.4) is 0 Å². The van der Waals surface area contributed by atoms with E-state index in [2.05, 4.69) is 10.6 Å². The molecule has 0 aromatic heterocycles. The van der Waals surface area contributed by atoms with Crippen molar-refractivity contribution >= 4 is 17.5 Å². The average Bonchev–Trinajstić information content (AvgIpc) is 2.68. The molecule has 0 aliphatic carbocycles. The minimum atomic E-state index is -0.305. The lowest BCUT2D eigenvalue weighted by Crippen LogP contribution is -2.35. The first kappa shape index (κ1) is 12.3. The van der Waals surface area contributed by atoms with Gasteiger partial charge in [-0.1, -0.05) is 17.7 Å². The highest BCUT2D eigenvalue weighted by atomic mass is 35.5. The van der Waals surface area contributed by atoms with Crippen molar-refractivity contribution < 1.29 is 9.18 Å². The minimum absolute atomic E-state index is 0.0921. The normalized spacial score (nSPS) is 19.4. The van der Waals surface area contributed by atoms with E-state index in [1.807, 2.05) is 0 Å². The Kier molecular flexibility index (Phi) is 3.97. The molecule has 1 saturated heterocycles. The number of benzene rings is 1. The molecule has 0 bridgehead atoms. The molecule has 1 amide bonds.